The fraction of sp³-hybridized carbons (Fsp3) is 0. The van der Waals surface area contributed by atoms with Gasteiger partial charge in [0.1, 0.15) is 0 Å². The van der Waals surface area contributed by atoms with E-state index < -0.39 is 20.3 Å². The molecular formula is C31H24O4P2. The van der Waals surface area contributed by atoms with E-state index in [0.29, 0.717) is 31.8 Å². The van der Waals surface area contributed by atoms with Gasteiger partial charge in [0, 0.05) is 31.8 Å². The summed E-state index contributed by atoms with van der Waals surface area (Å²) in [5, 5.41) is 13.0. The van der Waals surface area contributed by atoms with Crippen molar-refractivity contribution in [2.45, 2.75) is 0 Å². The van der Waals surface area contributed by atoms with E-state index in [2.05, 4.69) is 0 Å². The average Bonchev–Trinajstić information content (AvgIpc) is 2.98. The molecule has 0 saturated heterocycles. The lowest BCUT2D eigenvalue weighted by atomic mass is 10.2. The summed E-state index contributed by atoms with van der Waals surface area (Å²) in [6, 6.07) is 40.7. The second-order valence-corrected chi connectivity index (χ2v) is 14.1. The third kappa shape index (κ3) is 4.51. The fourth-order valence-electron chi connectivity index (χ4n) is 4.53. The molecule has 1 N–H and O–H groups in total. The SMILES string of the molecule is O=C(O)c1cc(P(=O)(c2ccccc2)c2ccccc2)cc(P(=O)(c2ccccc2)c2ccccc2)c1. The van der Waals surface area contributed by atoms with Crippen molar-refractivity contribution in [1.29, 1.82) is 0 Å². The normalized spacial score (nSPS) is 11.7. The summed E-state index contributed by atoms with van der Waals surface area (Å²) in [4.78, 5) is 12.3. The first-order chi connectivity index (χ1) is 17.9. The highest BCUT2D eigenvalue weighted by atomic mass is 31.2. The number of benzene rings is 5. The predicted molar refractivity (Wildman–Crippen MR) is 152 cm³/mol. The predicted octanol–water partition coefficient (Wildman–Crippen LogP) is 4.66. The van der Waals surface area contributed by atoms with Gasteiger partial charge in [-0.25, -0.2) is 4.79 Å². The Labute approximate surface area is 216 Å². The summed E-state index contributed by atoms with van der Waals surface area (Å²) in [5.41, 5.74) is -0.0633. The molecule has 0 amide bonds. The van der Waals surface area contributed by atoms with Crippen LogP contribution in [-0.4, -0.2) is 11.1 Å². The second kappa shape index (κ2) is 10.2. The summed E-state index contributed by atoms with van der Waals surface area (Å²) in [6.45, 7) is 0. The zero-order valence-corrected chi connectivity index (χ0v) is 21.6. The van der Waals surface area contributed by atoms with Gasteiger partial charge in [-0.3, -0.25) is 0 Å². The van der Waals surface area contributed by atoms with Crippen LogP contribution in [0.3, 0.4) is 0 Å². The van der Waals surface area contributed by atoms with Gasteiger partial charge in [-0.2, -0.15) is 0 Å². The van der Waals surface area contributed by atoms with Crippen LogP contribution in [0, 0.1) is 0 Å². The largest absolute Gasteiger partial charge is 0.478 e. The average molecular weight is 522 g/mol. The number of carboxylic acid groups (broad SMARTS) is 1. The minimum atomic E-state index is -3.51. The summed E-state index contributed by atoms with van der Waals surface area (Å²) in [5.74, 6) is -1.18. The highest BCUT2D eigenvalue weighted by Crippen LogP contribution is 2.46. The van der Waals surface area contributed by atoms with Crippen molar-refractivity contribution in [2.24, 2.45) is 0 Å². The molecular weight excluding hydrogens is 498 g/mol. The first-order valence-corrected chi connectivity index (χ1v) is 15.2. The molecule has 0 saturated carbocycles. The molecule has 5 rings (SSSR count). The summed E-state index contributed by atoms with van der Waals surface area (Å²) >= 11 is 0. The highest BCUT2D eigenvalue weighted by molar-refractivity contribution is 7.86. The van der Waals surface area contributed by atoms with E-state index in [9.17, 15) is 9.90 Å². The van der Waals surface area contributed by atoms with E-state index in [1.165, 1.54) is 12.1 Å². The van der Waals surface area contributed by atoms with Crippen LogP contribution in [0.2, 0.25) is 0 Å². The number of carboxylic acids is 1. The molecule has 6 heteroatoms. The summed E-state index contributed by atoms with van der Waals surface area (Å²) in [6.07, 6.45) is 0. The van der Waals surface area contributed by atoms with E-state index >= 15 is 9.13 Å². The maximum Gasteiger partial charge on any atom is 0.335 e. The molecule has 0 fully saturated rings. The lowest BCUT2D eigenvalue weighted by Gasteiger charge is -2.24. The maximum absolute atomic E-state index is 15.1. The lowest BCUT2D eigenvalue weighted by molar-refractivity contribution is 0.0697. The van der Waals surface area contributed by atoms with Crippen LogP contribution in [0.4, 0.5) is 0 Å². The molecule has 0 heterocycles. The first-order valence-electron chi connectivity index (χ1n) is 11.8. The van der Waals surface area contributed by atoms with Crippen LogP contribution in [0.15, 0.2) is 140 Å². The lowest BCUT2D eigenvalue weighted by Crippen LogP contribution is -2.31. The fourth-order valence-corrected chi connectivity index (χ4v) is 10.1. The maximum atomic E-state index is 15.1. The van der Waals surface area contributed by atoms with E-state index in [-0.39, 0.29) is 5.56 Å². The Morgan fingerprint density at radius 2 is 0.703 bits per heavy atom. The molecule has 5 aromatic rings. The molecule has 37 heavy (non-hydrogen) atoms. The van der Waals surface area contributed by atoms with Crippen molar-refractivity contribution in [1.82, 2.24) is 0 Å². The molecule has 0 atom stereocenters. The molecule has 0 aliphatic rings. The number of carbonyl (C=O) groups is 1. The molecule has 5 aromatic carbocycles. The molecule has 0 aliphatic heterocycles. The molecule has 4 nitrogen and oxygen atoms in total. The Morgan fingerprint density at radius 3 is 0.946 bits per heavy atom. The van der Waals surface area contributed by atoms with Crippen LogP contribution in [-0.2, 0) is 9.13 Å². The number of hydrogen-bond acceptors (Lipinski definition) is 3. The molecule has 0 bridgehead atoms. The topological polar surface area (TPSA) is 71.4 Å². The Bertz CT molecular complexity index is 1430. The Kier molecular flexibility index (Phi) is 6.80. The van der Waals surface area contributed by atoms with Crippen molar-refractivity contribution in [2.75, 3.05) is 0 Å². The van der Waals surface area contributed by atoms with Crippen LogP contribution >= 0.6 is 14.3 Å². The zero-order valence-electron chi connectivity index (χ0n) is 19.8. The van der Waals surface area contributed by atoms with Crippen molar-refractivity contribution in [3.05, 3.63) is 145 Å². The third-order valence-corrected chi connectivity index (χ3v) is 12.4. The van der Waals surface area contributed by atoms with Gasteiger partial charge in [0.25, 0.3) is 0 Å². The van der Waals surface area contributed by atoms with Gasteiger partial charge < -0.3 is 14.2 Å². The Balaban J connectivity index is 1.86. The third-order valence-electron chi connectivity index (χ3n) is 6.36. The van der Waals surface area contributed by atoms with E-state index in [0.717, 1.165) is 0 Å². The monoisotopic (exact) mass is 522 g/mol. The van der Waals surface area contributed by atoms with Crippen LogP contribution in [0.1, 0.15) is 10.4 Å². The minimum absolute atomic E-state index is 0.0633. The standard InChI is InChI=1S/C31H24O4P2/c32-31(33)24-21-29(36(34,25-13-5-1-6-14-25)26-15-7-2-8-16-26)23-30(22-24)37(35,27-17-9-3-10-18-27)28-19-11-4-12-20-28/h1-23H,(H,32,33). The van der Waals surface area contributed by atoms with E-state index in [1.54, 1.807) is 54.6 Å². The number of aromatic carboxylic acids is 1. The zero-order chi connectivity index (χ0) is 25.9. The Hall–Kier alpha value is -3.97. The van der Waals surface area contributed by atoms with Crippen molar-refractivity contribution in [3.63, 3.8) is 0 Å². The van der Waals surface area contributed by atoms with Gasteiger partial charge in [-0.1, -0.05) is 121 Å². The van der Waals surface area contributed by atoms with E-state index in [1.807, 2.05) is 72.8 Å². The number of hydrogen-bond donors (Lipinski definition) is 1. The van der Waals surface area contributed by atoms with Gasteiger partial charge >= 0.3 is 5.97 Å². The van der Waals surface area contributed by atoms with Crippen LogP contribution in [0.25, 0.3) is 0 Å². The highest BCUT2D eigenvalue weighted by Gasteiger charge is 2.35. The number of rotatable bonds is 7. The van der Waals surface area contributed by atoms with Gasteiger partial charge in [0.2, 0.25) is 0 Å². The van der Waals surface area contributed by atoms with Crippen LogP contribution < -0.4 is 31.8 Å². The van der Waals surface area contributed by atoms with E-state index in [4.69, 9.17) is 0 Å². The Morgan fingerprint density at radius 1 is 0.432 bits per heavy atom. The van der Waals surface area contributed by atoms with Crippen molar-refractivity contribution in [3.8, 4) is 0 Å². The van der Waals surface area contributed by atoms with Crippen molar-refractivity contribution < 1.29 is 19.0 Å². The van der Waals surface area contributed by atoms with Crippen LogP contribution in [0.5, 0.6) is 0 Å². The molecule has 0 aromatic heterocycles. The molecule has 0 aliphatic carbocycles. The molecule has 182 valence electrons. The smallest absolute Gasteiger partial charge is 0.335 e. The van der Waals surface area contributed by atoms with Gasteiger partial charge in [-0.15, -0.1) is 0 Å². The van der Waals surface area contributed by atoms with Gasteiger partial charge in [-0.05, 0) is 18.2 Å². The second-order valence-electron chi connectivity index (χ2n) is 8.60. The first kappa shape index (κ1) is 24.7. The molecule has 0 radical (unpaired) electrons. The van der Waals surface area contributed by atoms with Gasteiger partial charge in [0.15, 0.2) is 14.3 Å². The summed E-state index contributed by atoms with van der Waals surface area (Å²) < 4.78 is 30.1. The minimum Gasteiger partial charge on any atom is -0.478 e. The van der Waals surface area contributed by atoms with Gasteiger partial charge in [0.05, 0.1) is 5.56 Å². The summed E-state index contributed by atoms with van der Waals surface area (Å²) in [7, 11) is -7.01. The quantitative estimate of drug-likeness (QED) is 0.316. The molecule has 0 unspecified atom stereocenters. The molecule has 0 spiro atoms. The van der Waals surface area contributed by atoms with Crippen molar-refractivity contribution >= 4 is 52.1 Å².